The Morgan fingerprint density at radius 3 is 2.70 bits per heavy atom. The fourth-order valence-electron chi connectivity index (χ4n) is 3.38. The summed E-state index contributed by atoms with van der Waals surface area (Å²) in [6.45, 7) is 5.84. The molecule has 0 unspecified atom stereocenters. The first-order valence-electron chi connectivity index (χ1n) is 8.96. The van der Waals surface area contributed by atoms with Crippen LogP contribution < -0.4 is 5.56 Å². The number of aryl methyl sites for hydroxylation is 1. The number of rotatable bonds is 4. The smallest absolute Gasteiger partial charge is 0.269 e. The summed E-state index contributed by atoms with van der Waals surface area (Å²) < 4.78 is 1.51. The van der Waals surface area contributed by atoms with Gasteiger partial charge >= 0.3 is 0 Å². The third kappa shape index (κ3) is 3.91. The number of thiazole rings is 1. The van der Waals surface area contributed by atoms with Crippen LogP contribution in [-0.4, -0.2) is 56.4 Å². The fourth-order valence-corrected chi connectivity index (χ4v) is 3.98. The van der Waals surface area contributed by atoms with E-state index in [1.54, 1.807) is 11.3 Å². The molecule has 1 aliphatic rings. The highest BCUT2D eigenvalue weighted by molar-refractivity contribution is 7.09. The number of fused-ring (bicyclic) bond motifs is 1. The molecule has 0 bridgehead atoms. The Bertz CT molecular complexity index is 1020. The SMILES string of the molecule is Cc1nc(CN2CCN(C(=O)Cn3c(=O)cnc4ccccc43)CC2)cs1. The number of hydrogen-bond acceptors (Lipinski definition) is 6. The number of carbonyl (C=O) groups is 1. The van der Waals surface area contributed by atoms with E-state index < -0.39 is 0 Å². The summed E-state index contributed by atoms with van der Waals surface area (Å²) in [6, 6.07) is 7.39. The Morgan fingerprint density at radius 2 is 1.96 bits per heavy atom. The summed E-state index contributed by atoms with van der Waals surface area (Å²) >= 11 is 1.66. The van der Waals surface area contributed by atoms with E-state index in [1.165, 1.54) is 10.8 Å². The topological polar surface area (TPSA) is 71.3 Å². The van der Waals surface area contributed by atoms with Crippen LogP contribution in [0.3, 0.4) is 0 Å². The van der Waals surface area contributed by atoms with Gasteiger partial charge in [-0.3, -0.25) is 19.1 Å². The van der Waals surface area contributed by atoms with Gasteiger partial charge in [0.1, 0.15) is 6.54 Å². The number of amides is 1. The molecule has 0 radical (unpaired) electrons. The molecule has 8 heteroatoms. The first-order chi connectivity index (χ1) is 13.1. The Hall–Kier alpha value is -2.58. The van der Waals surface area contributed by atoms with Gasteiger partial charge in [-0.15, -0.1) is 11.3 Å². The van der Waals surface area contributed by atoms with E-state index in [1.807, 2.05) is 36.1 Å². The molecule has 2 aromatic heterocycles. The van der Waals surface area contributed by atoms with Crippen LogP contribution in [0.25, 0.3) is 11.0 Å². The second kappa shape index (κ2) is 7.58. The van der Waals surface area contributed by atoms with E-state index in [2.05, 4.69) is 20.2 Å². The van der Waals surface area contributed by atoms with Crippen LogP contribution in [0.15, 0.2) is 40.6 Å². The minimum Gasteiger partial charge on any atom is -0.339 e. The lowest BCUT2D eigenvalue weighted by molar-refractivity contribution is -0.133. The largest absolute Gasteiger partial charge is 0.339 e. The fraction of sp³-hybridized carbons (Fsp3) is 0.368. The van der Waals surface area contributed by atoms with Crippen molar-refractivity contribution in [3.05, 3.63) is 56.9 Å². The van der Waals surface area contributed by atoms with E-state index in [4.69, 9.17) is 0 Å². The average molecular weight is 383 g/mol. The van der Waals surface area contributed by atoms with Gasteiger partial charge in [0.15, 0.2) is 0 Å². The Kier molecular flexibility index (Phi) is 5.00. The number of nitrogens with zero attached hydrogens (tertiary/aromatic N) is 5. The van der Waals surface area contributed by atoms with Crippen molar-refractivity contribution in [2.45, 2.75) is 20.0 Å². The maximum absolute atomic E-state index is 12.7. The van der Waals surface area contributed by atoms with Gasteiger partial charge in [0.05, 0.1) is 27.9 Å². The molecule has 1 aromatic carbocycles. The molecule has 7 nitrogen and oxygen atoms in total. The molecule has 0 atom stereocenters. The number of aromatic nitrogens is 3. The Balaban J connectivity index is 1.40. The van der Waals surface area contributed by atoms with Crippen molar-refractivity contribution in [1.82, 2.24) is 24.3 Å². The van der Waals surface area contributed by atoms with Gasteiger partial charge in [-0.2, -0.15) is 0 Å². The van der Waals surface area contributed by atoms with Gasteiger partial charge in [-0.1, -0.05) is 12.1 Å². The van der Waals surface area contributed by atoms with Crippen molar-refractivity contribution in [3.8, 4) is 0 Å². The number of piperazine rings is 1. The molecule has 1 amide bonds. The molecule has 1 fully saturated rings. The number of carbonyl (C=O) groups excluding carboxylic acids is 1. The molecule has 3 aromatic rings. The van der Waals surface area contributed by atoms with Crippen LogP contribution >= 0.6 is 11.3 Å². The molecule has 0 saturated carbocycles. The third-order valence-corrected chi connectivity index (χ3v) is 5.65. The normalized spacial score (nSPS) is 15.4. The second-order valence-corrected chi connectivity index (χ2v) is 7.75. The summed E-state index contributed by atoms with van der Waals surface area (Å²) in [6.07, 6.45) is 1.28. The van der Waals surface area contributed by atoms with Gasteiger partial charge in [-0.25, -0.2) is 9.97 Å². The zero-order valence-electron chi connectivity index (χ0n) is 15.2. The second-order valence-electron chi connectivity index (χ2n) is 6.69. The molecule has 0 aliphatic carbocycles. The van der Waals surface area contributed by atoms with Crippen molar-refractivity contribution in [2.75, 3.05) is 26.2 Å². The van der Waals surface area contributed by atoms with E-state index in [-0.39, 0.29) is 18.0 Å². The summed E-state index contributed by atoms with van der Waals surface area (Å²) in [5.41, 5.74) is 2.25. The molecule has 140 valence electrons. The molecule has 27 heavy (non-hydrogen) atoms. The van der Waals surface area contributed by atoms with E-state index in [0.717, 1.165) is 30.3 Å². The van der Waals surface area contributed by atoms with Crippen molar-refractivity contribution >= 4 is 28.3 Å². The van der Waals surface area contributed by atoms with Gasteiger partial charge in [-0.05, 0) is 19.1 Å². The lowest BCUT2D eigenvalue weighted by atomic mass is 10.2. The predicted molar refractivity (Wildman–Crippen MR) is 105 cm³/mol. The van der Waals surface area contributed by atoms with Crippen molar-refractivity contribution in [3.63, 3.8) is 0 Å². The highest BCUT2D eigenvalue weighted by Crippen LogP contribution is 2.13. The molecular formula is C19H21N5O2S. The lowest BCUT2D eigenvalue weighted by Crippen LogP contribution is -2.49. The quantitative estimate of drug-likeness (QED) is 0.683. The Morgan fingerprint density at radius 1 is 1.19 bits per heavy atom. The van der Waals surface area contributed by atoms with Crippen LogP contribution in [-0.2, 0) is 17.9 Å². The summed E-state index contributed by atoms with van der Waals surface area (Å²) in [5, 5.41) is 3.17. The molecular weight excluding hydrogens is 362 g/mol. The van der Waals surface area contributed by atoms with Gasteiger partial charge in [0.2, 0.25) is 5.91 Å². The van der Waals surface area contributed by atoms with Crippen LogP contribution in [0.2, 0.25) is 0 Å². The summed E-state index contributed by atoms with van der Waals surface area (Å²) in [4.78, 5) is 37.8. The molecule has 0 spiro atoms. The highest BCUT2D eigenvalue weighted by Gasteiger charge is 2.22. The molecule has 1 aliphatic heterocycles. The highest BCUT2D eigenvalue weighted by atomic mass is 32.1. The van der Waals surface area contributed by atoms with Gasteiger partial charge in [0, 0.05) is 38.1 Å². The first-order valence-corrected chi connectivity index (χ1v) is 9.84. The first kappa shape index (κ1) is 17.8. The lowest BCUT2D eigenvalue weighted by Gasteiger charge is -2.34. The monoisotopic (exact) mass is 383 g/mol. The molecule has 1 saturated heterocycles. The summed E-state index contributed by atoms with van der Waals surface area (Å²) in [5.74, 6) is -0.0300. The number of benzene rings is 1. The average Bonchev–Trinajstić information content (AvgIpc) is 3.09. The number of para-hydroxylation sites is 2. The minimum atomic E-state index is -0.250. The van der Waals surface area contributed by atoms with Crippen molar-refractivity contribution < 1.29 is 4.79 Å². The molecule has 4 rings (SSSR count). The third-order valence-electron chi connectivity index (χ3n) is 4.82. The van der Waals surface area contributed by atoms with Gasteiger partial charge < -0.3 is 4.90 Å². The maximum atomic E-state index is 12.7. The van der Waals surface area contributed by atoms with Crippen LogP contribution in [0.5, 0.6) is 0 Å². The van der Waals surface area contributed by atoms with Gasteiger partial charge in [0.25, 0.3) is 5.56 Å². The van der Waals surface area contributed by atoms with Crippen molar-refractivity contribution in [2.24, 2.45) is 0 Å². The van der Waals surface area contributed by atoms with Crippen LogP contribution in [0.1, 0.15) is 10.7 Å². The standard InChI is InChI=1S/C19H21N5O2S/c1-14-21-15(13-27-14)11-22-6-8-23(9-7-22)19(26)12-24-17-5-3-2-4-16(17)20-10-18(24)25/h2-5,10,13H,6-9,11-12H2,1H3. The molecule has 0 N–H and O–H groups in total. The summed E-state index contributed by atoms with van der Waals surface area (Å²) in [7, 11) is 0. The Labute approximate surface area is 160 Å². The zero-order chi connectivity index (χ0) is 18.8. The van der Waals surface area contributed by atoms with E-state index >= 15 is 0 Å². The minimum absolute atomic E-state index is 0.0300. The molecule has 3 heterocycles. The van der Waals surface area contributed by atoms with E-state index in [9.17, 15) is 9.59 Å². The van der Waals surface area contributed by atoms with E-state index in [0.29, 0.717) is 24.1 Å². The maximum Gasteiger partial charge on any atom is 0.269 e. The number of hydrogen-bond donors (Lipinski definition) is 0. The van der Waals surface area contributed by atoms with Crippen molar-refractivity contribution in [1.29, 1.82) is 0 Å². The van der Waals surface area contributed by atoms with Crippen LogP contribution in [0.4, 0.5) is 0 Å². The zero-order valence-corrected chi connectivity index (χ0v) is 16.0. The predicted octanol–water partition coefficient (Wildman–Crippen LogP) is 1.51. The van der Waals surface area contributed by atoms with Crippen LogP contribution in [0, 0.1) is 6.92 Å².